The number of rotatable bonds is 6. The number of hydrogen-bond acceptors (Lipinski definition) is 3. The Morgan fingerprint density at radius 2 is 2.18 bits per heavy atom. The first-order valence-corrected chi connectivity index (χ1v) is 6.20. The standard InChI is InChI=1S/C13H18N2O2/c1-2-11(9-10-7-8-10)14-12-5-3-4-6-13(12)15(16)17/h3-6,10-11,14H,2,7-9H2,1H3. The molecule has 4 nitrogen and oxygen atoms in total. The molecular weight excluding hydrogens is 216 g/mol. The van der Waals surface area contributed by atoms with Crippen LogP contribution in [0, 0.1) is 16.0 Å². The number of benzene rings is 1. The van der Waals surface area contributed by atoms with Crippen molar-refractivity contribution in [2.45, 2.75) is 38.6 Å². The number of para-hydroxylation sites is 2. The van der Waals surface area contributed by atoms with Gasteiger partial charge < -0.3 is 5.32 Å². The first-order valence-electron chi connectivity index (χ1n) is 6.20. The number of nitrogens with zero attached hydrogens (tertiary/aromatic N) is 1. The first kappa shape index (κ1) is 11.9. The monoisotopic (exact) mass is 234 g/mol. The van der Waals surface area contributed by atoms with E-state index < -0.39 is 0 Å². The zero-order chi connectivity index (χ0) is 12.3. The maximum absolute atomic E-state index is 10.9. The second-order valence-electron chi connectivity index (χ2n) is 4.70. The molecule has 1 saturated carbocycles. The van der Waals surface area contributed by atoms with E-state index >= 15 is 0 Å². The minimum atomic E-state index is -0.327. The third kappa shape index (κ3) is 3.19. The third-order valence-electron chi connectivity index (χ3n) is 3.27. The van der Waals surface area contributed by atoms with Crippen LogP contribution in [-0.4, -0.2) is 11.0 Å². The van der Waals surface area contributed by atoms with Gasteiger partial charge in [0.05, 0.1) is 4.92 Å². The highest BCUT2D eigenvalue weighted by Gasteiger charge is 2.25. The average molecular weight is 234 g/mol. The molecule has 0 saturated heterocycles. The van der Waals surface area contributed by atoms with E-state index in [1.165, 1.54) is 12.8 Å². The fourth-order valence-corrected chi connectivity index (χ4v) is 2.06. The molecule has 0 radical (unpaired) electrons. The van der Waals surface area contributed by atoms with Gasteiger partial charge >= 0.3 is 0 Å². The van der Waals surface area contributed by atoms with Crippen LogP contribution in [0.3, 0.4) is 0 Å². The molecule has 92 valence electrons. The van der Waals surface area contributed by atoms with Crippen molar-refractivity contribution >= 4 is 11.4 Å². The van der Waals surface area contributed by atoms with Gasteiger partial charge in [-0.1, -0.05) is 31.9 Å². The Labute approximate surface area is 101 Å². The van der Waals surface area contributed by atoms with E-state index in [0.29, 0.717) is 11.7 Å². The lowest BCUT2D eigenvalue weighted by atomic mass is 10.1. The Kier molecular flexibility index (Phi) is 3.61. The molecule has 0 aromatic heterocycles. The van der Waals surface area contributed by atoms with Crippen LogP contribution in [0.1, 0.15) is 32.6 Å². The Bertz CT molecular complexity index is 402. The summed E-state index contributed by atoms with van der Waals surface area (Å²) in [5.74, 6) is 0.829. The number of nitro groups is 1. The maximum atomic E-state index is 10.9. The van der Waals surface area contributed by atoms with Crippen molar-refractivity contribution in [3.63, 3.8) is 0 Å². The zero-order valence-corrected chi connectivity index (χ0v) is 10.1. The average Bonchev–Trinajstić information content (AvgIpc) is 3.12. The van der Waals surface area contributed by atoms with Crippen LogP contribution < -0.4 is 5.32 Å². The van der Waals surface area contributed by atoms with E-state index in [0.717, 1.165) is 18.8 Å². The van der Waals surface area contributed by atoms with Crippen LogP contribution in [0.5, 0.6) is 0 Å². The molecule has 0 spiro atoms. The van der Waals surface area contributed by atoms with Crippen molar-refractivity contribution in [1.82, 2.24) is 0 Å². The second kappa shape index (κ2) is 5.17. The fraction of sp³-hybridized carbons (Fsp3) is 0.538. The third-order valence-corrected chi connectivity index (χ3v) is 3.27. The number of nitrogens with one attached hydrogen (secondary N) is 1. The van der Waals surface area contributed by atoms with Gasteiger partial charge in [-0.25, -0.2) is 0 Å². The highest BCUT2D eigenvalue weighted by atomic mass is 16.6. The Morgan fingerprint density at radius 3 is 2.76 bits per heavy atom. The molecule has 0 heterocycles. The molecule has 4 heteroatoms. The first-order chi connectivity index (χ1) is 8.20. The van der Waals surface area contributed by atoms with Gasteiger partial charge in [0.1, 0.15) is 5.69 Å². The van der Waals surface area contributed by atoms with Crippen LogP contribution in [0.2, 0.25) is 0 Å². The van der Waals surface area contributed by atoms with Crippen molar-refractivity contribution in [2.24, 2.45) is 5.92 Å². The zero-order valence-electron chi connectivity index (χ0n) is 10.1. The predicted molar refractivity (Wildman–Crippen MR) is 68.1 cm³/mol. The van der Waals surface area contributed by atoms with Gasteiger partial charge in [-0.15, -0.1) is 0 Å². The van der Waals surface area contributed by atoms with Crippen molar-refractivity contribution in [1.29, 1.82) is 0 Å². The van der Waals surface area contributed by atoms with E-state index in [4.69, 9.17) is 0 Å². The molecule has 0 amide bonds. The topological polar surface area (TPSA) is 55.2 Å². The van der Waals surface area contributed by atoms with Crippen molar-refractivity contribution in [3.05, 3.63) is 34.4 Å². The summed E-state index contributed by atoms with van der Waals surface area (Å²) < 4.78 is 0. The van der Waals surface area contributed by atoms with Gasteiger partial charge in [-0.3, -0.25) is 10.1 Å². The molecule has 1 fully saturated rings. The van der Waals surface area contributed by atoms with Gasteiger partial charge in [0.2, 0.25) is 0 Å². The van der Waals surface area contributed by atoms with Gasteiger partial charge in [0.15, 0.2) is 0 Å². The lowest BCUT2D eigenvalue weighted by molar-refractivity contribution is -0.384. The summed E-state index contributed by atoms with van der Waals surface area (Å²) in [6, 6.07) is 7.22. The summed E-state index contributed by atoms with van der Waals surface area (Å²) >= 11 is 0. The largest absolute Gasteiger partial charge is 0.377 e. The van der Waals surface area contributed by atoms with E-state index in [9.17, 15) is 10.1 Å². The molecule has 1 aromatic carbocycles. The Morgan fingerprint density at radius 1 is 1.47 bits per heavy atom. The quantitative estimate of drug-likeness (QED) is 0.604. The molecule has 2 rings (SSSR count). The van der Waals surface area contributed by atoms with Crippen molar-refractivity contribution in [2.75, 3.05) is 5.32 Å². The van der Waals surface area contributed by atoms with Crippen LogP contribution in [-0.2, 0) is 0 Å². The lowest BCUT2D eigenvalue weighted by Gasteiger charge is -2.17. The summed E-state index contributed by atoms with van der Waals surface area (Å²) in [5.41, 5.74) is 0.812. The molecule has 1 aromatic rings. The highest BCUT2D eigenvalue weighted by molar-refractivity contribution is 5.61. The van der Waals surface area contributed by atoms with Crippen LogP contribution >= 0.6 is 0 Å². The SMILES string of the molecule is CCC(CC1CC1)Nc1ccccc1[N+](=O)[O-]. The molecule has 17 heavy (non-hydrogen) atoms. The minimum Gasteiger partial charge on any atom is -0.377 e. The van der Waals surface area contributed by atoms with Crippen LogP contribution in [0.15, 0.2) is 24.3 Å². The highest BCUT2D eigenvalue weighted by Crippen LogP contribution is 2.35. The molecule has 1 atom stereocenters. The Balaban J connectivity index is 2.07. The summed E-state index contributed by atoms with van der Waals surface area (Å²) in [4.78, 5) is 10.6. The Hall–Kier alpha value is -1.58. The van der Waals surface area contributed by atoms with Gasteiger partial charge in [0, 0.05) is 12.1 Å². The smallest absolute Gasteiger partial charge is 0.292 e. The summed E-state index contributed by atoms with van der Waals surface area (Å²) in [6.07, 6.45) is 4.76. The van der Waals surface area contributed by atoms with Crippen molar-refractivity contribution < 1.29 is 4.92 Å². The summed E-state index contributed by atoms with van der Waals surface area (Å²) in [7, 11) is 0. The summed E-state index contributed by atoms with van der Waals surface area (Å²) in [6.45, 7) is 2.12. The van der Waals surface area contributed by atoms with Crippen molar-refractivity contribution in [3.8, 4) is 0 Å². The molecule has 0 bridgehead atoms. The van der Waals surface area contributed by atoms with E-state index in [1.807, 2.05) is 6.07 Å². The minimum absolute atomic E-state index is 0.168. The maximum Gasteiger partial charge on any atom is 0.292 e. The predicted octanol–water partition coefficient (Wildman–Crippen LogP) is 3.59. The van der Waals surface area contributed by atoms with Gasteiger partial charge in [-0.2, -0.15) is 0 Å². The molecular formula is C13H18N2O2. The molecule has 1 N–H and O–H groups in total. The normalized spacial score (nSPS) is 16.5. The van der Waals surface area contributed by atoms with Crippen LogP contribution in [0.4, 0.5) is 11.4 Å². The molecule has 0 aliphatic heterocycles. The number of hydrogen-bond donors (Lipinski definition) is 1. The summed E-state index contributed by atoms with van der Waals surface area (Å²) in [5, 5.41) is 14.2. The van der Waals surface area contributed by atoms with E-state index in [-0.39, 0.29) is 10.6 Å². The molecule has 1 unspecified atom stereocenters. The number of anilines is 1. The fourth-order valence-electron chi connectivity index (χ4n) is 2.06. The lowest BCUT2D eigenvalue weighted by Crippen LogP contribution is -2.19. The van der Waals surface area contributed by atoms with E-state index in [1.54, 1.807) is 18.2 Å². The number of nitro benzene ring substituents is 1. The molecule has 1 aliphatic rings. The second-order valence-corrected chi connectivity index (χ2v) is 4.70. The van der Waals surface area contributed by atoms with E-state index in [2.05, 4.69) is 12.2 Å². The van der Waals surface area contributed by atoms with Gasteiger partial charge in [-0.05, 0) is 24.8 Å². The van der Waals surface area contributed by atoms with Gasteiger partial charge in [0.25, 0.3) is 5.69 Å². The van der Waals surface area contributed by atoms with Crippen LogP contribution in [0.25, 0.3) is 0 Å². The molecule has 1 aliphatic carbocycles.